The van der Waals surface area contributed by atoms with Gasteiger partial charge < -0.3 is 11.1 Å². The molecule has 0 saturated heterocycles. The molecular weight excluding hydrogens is 268 g/mol. The highest BCUT2D eigenvalue weighted by Gasteiger charge is 2.18. The fourth-order valence-corrected chi connectivity index (χ4v) is 2.08. The number of nitro groups is 1. The van der Waals surface area contributed by atoms with Crippen molar-refractivity contribution >= 4 is 23.0 Å². The molecule has 0 amide bonds. The highest BCUT2D eigenvalue weighted by atomic mass is 16.6. The molecular formula is C15H18N4O2. The zero-order valence-corrected chi connectivity index (χ0v) is 12.3. The third kappa shape index (κ3) is 3.28. The maximum absolute atomic E-state index is 10.7. The lowest BCUT2D eigenvalue weighted by atomic mass is 9.86. The van der Waals surface area contributed by atoms with E-state index in [9.17, 15) is 10.1 Å². The van der Waals surface area contributed by atoms with Crippen LogP contribution < -0.4 is 11.1 Å². The summed E-state index contributed by atoms with van der Waals surface area (Å²) in [7, 11) is 0. The molecule has 1 heterocycles. The quantitative estimate of drug-likeness (QED) is 0.664. The molecule has 0 unspecified atom stereocenters. The zero-order valence-electron chi connectivity index (χ0n) is 12.3. The summed E-state index contributed by atoms with van der Waals surface area (Å²) in [5.74, 6) is 0.382. The van der Waals surface area contributed by atoms with Gasteiger partial charge in [0.05, 0.1) is 4.92 Å². The van der Waals surface area contributed by atoms with Gasteiger partial charge in [0.2, 0.25) is 5.82 Å². The molecule has 0 saturated carbocycles. The maximum atomic E-state index is 10.7. The molecule has 6 heteroatoms. The molecule has 3 N–H and O–H groups in total. The Morgan fingerprint density at radius 3 is 2.43 bits per heavy atom. The molecule has 0 aliphatic heterocycles. The summed E-state index contributed by atoms with van der Waals surface area (Å²) in [6.45, 7) is 6.35. The van der Waals surface area contributed by atoms with Crippen molar-refractivity contribution in [3.63, 3.8) is 0 Å². The van der Waals surface area contributed by atoms with Crippen molar-refractivity contribution in [1.29, 1.82) is 0 Å². The van der Waals surface area contributed by atoms with Crippen molar-refractivity contribution in [2.75, 3.05) is 11.1 Å². The summed E-state index contributed by atoms with van der Waals surface area (Å²) in [6.07, 6.45) is 0. The lowest BCUT2D eigenvalue weighted by molar-refractivity contribution is -0.384. The van der Waals surface area contributed by atoms with Crippen LogP contribution in [0.5, 0.6) is 0 Å². The molecule has 0 aliphatic rings. The molecule has 1 aromatic heterocycles. The molecule has 0 fully saturated rings. The summed E-state index contributed by atoms with van der Waals surface area (Å²) in [5.41, 5.74) is 7.42. The highest BCUT2D eigenvalue weighted by molar-refractivity contribution is 5.65. The van der Waals surface area contributed by atoms with E-state index < -0.39 is 4.92 Å². The van der Waals surface area contributed by atoms with E-state index in [0.717, 1.165) is 11.3 Å². The minimum Gasteiger partial charge on any atom is -0.378 e. The van der Waals surface area contributed by atoms with Gasteiger partial charge >= 0.3 is 5.69 Å². The molecule has 0 aliphatic carbocycles. The number of anilines is 3. The number of benzene rings is 1. The second-order valence-corrected chi connectivity index (χ2v) is 5.78. The third-order valence-electron chi connectivity index (χ3n) is 3.10. The number of para-hydroxylation sites is 1. The number of nitrogens with two attached hydrogens (primary N) is 1. The van der Waals surface area contributed by atoms with Gasteiger partial charge in [-0.25, -0.2) is 4.98 Å². The fraction of sp³-hybridized carbons (Fsp3) is 0.267. The van der Waals surface area contributed by atoms with E-state index >= 15 is 0 Å². The number of nitrogens with zero attached hydrogens (tertiary/aromatic N) is 2. The van der Waals surface area contributed by atoms with E-state index in [2.05, 4.69) is 31.1 Å². The molecule has 6 nitrogen and oxygen atoms in total. The molecule has 110 valence electrons. The summed E-state index contributed by atoms with van der Waals surface area (Å²) < 4.78 is 0. The molecule has 0 radical (unpaired) electrons. The highest BCUT2D eigenvalue weighted by Crippen LogP contribution is 2.31. The Bertz CT molecular complexity index is 678. The molecule has 21 heavy (non-hydrogen) atoms. The van der Waals surface area contributed by atoms with Crippen molar-refractivity contribution in [2.24, 2.45) is 0 Å². The first-order valence-electron chi connectivity index (χ1n) is 6.56. The minimum atomic E-state index is -0.546. The van der Waals surface area contributed by atoms with Crippen molar-refractivity contribution in [3.05, 3.63) is 52.1 Å². The molecule has 0 atom stereocenters. The van der Waals surface area contributed by atoms with E-state index in [1.165, 1.54) is 6.07 Å². The largest absolute Gasteiger partial charge is 0.378 e. The van der Waals surface area contributed by atoms with Gasteiger partial charge in [-0.05, 0) is 23.1 Å². The number of rotatable bonds is 3. The number of aromatic nitrogens is 1. The predicted molar refractivity (Wildman–Crippen MR) is 83.7 cm³/mol. The lowest BCUT2D eigenvalue weighted by Crippen LogP contribution is -2.13. The van der Waals surface area contributed by atoms with Crippen LogP contribution in [0.2, 0.25) is 0 Å². The van der Waals surface area contributed by atoms with Crippen LogP contribution >= 0.6 is 0 Å². The normalized spacial score (nSPS) is 11.2. The van der Waals surface area contributed by atoms with Gasteiger partial charge in [0.15, 0.2) is 0 Å². The molecule has 0 spiro atoms. The smallest absolute Gasteiger partial charge is 0.311 e. The van der Waals surface area contributed by atoms with Crippen molar-refractivity contribution in [3.8, 4) is 0 Å². The number of nitrogen functional groups attached to an aromatic ring is 1. The predicted octanol–water partition coefficient (Wildman–Crippen LogP) is 3.61. The third-order valence-corrected chi connectivity index (χ3v) is 3.10. The van der Waals surface area contributed by atoms with E-state index in [0.29, 0.717) is 5.82 Å². The fourth-order valence-electron chi connectivity index (χ4n) is 2.08. The van der Waals surface area contributed by atoms with Gasteiger partial charge in [0.25, 0.3) is 0 Å². The lowest BCUT2D eigenvalue weighted by Gasteiger charge is -2.23. The van der Waals surface area contributed by atoms with Crippen LogP contribution in [0.1, 0.15) is 26.3 Å². The SMILES string of the molecule is CC(C)(C)c1ccccc1Nc1ccc([N+](=O)[O-])c(N)n1. The number of nitrogens with one attached hydrogen (secondary N) is 1. The van der Waals surface area contributed by atoms with E-state index in [-0.39, 0.29) is 16.9 Å². The first-order valence-corrected chi connectivity index (χ1v) is 6.56. The Morgan fingerprint density at radius 1 is 1.19 bits per heavy atom. The molecule has 2 rings (SSSR count). The van der Waals surface area contributed by atoms with E-state index in [1.807, 2.05) is 24.3 Å². The monoisotopic (exact) mass is 286 g/mol. The average molecular weight is 286 g/mol. The Kier molecular flexibility index (Phi) is 3.80. The minimum absolute atomic E-state index is 0.0318. The van der Waals surface area contributed by atoms with Crippen LogP contribution in [0.3, 0.4) is 0 Å². The first-order chi connectivity index (χ1) is 9.79. The van der Waals surface area contributed by atoms with Gasteiger partial charge in [0, 0.05) is 11.8 Å². The second kappa shape index (κ2) is 5.40. The Morgan fingerprint density at radius 2 is 1.86 bits per heavy atom. The molecule has 2 aromatic rings. The van der Waals surface area contributed by atoms with Crippen LogP contribution in [-0.2, 0) is 5.41 Å². The van der Waals surface area contributed by atoms with Crippen LogP contribution in [0.15, 0.2) is 36.4 Å². The van der Waals surface area contributed by atoms with Gasteiger partial charge in [-0.1, -0.05) is 39.0 Å². The Hall–Kier alpha value is -2.63. The molecule has 0 bridgehead atoms. The summed E-state index contributed by atoms with van der Waals surface area (Å²) >= 11 is 0. The summed E-state index contributed by atoms with van der Waals surface area (Å²) in [4.78, 5) is 14.2. The standard InChI is InChI=1S/C15H18N4O2/c1-15(2,3)10-6-4-5-7-11(10)17-13-9-8-12(19(20)21)14(16)18-13/h4-9H,1-3H3,(H3,16,17,18). The van der Waals surface area contributed by atoms with E-state index in [1.54, 1.807) is 6.07 Å². The average Bonchev–Trinajstić information content (AvgIpc) is 2.37. The van der Waals surface area contributed by atoms with Crippen molar-refractivity contribution < 1.29 is 4.92 Å². The summed E-state index contributed by atoms with van der Waals surface area (Å²) in [6, 6.07) is 10.8. The number of hydrogen-bond acceptors (Lipinski definition) is 5. The maximum Gasteiger partial charge on any atom is 0.311 e. The van der Waals surface area contributed by atoms with Crippen molar-refractivity contribution in [2.45, 2.75) is 26.2 Å². The second-order valence-electron chi connectivity index (χ2n) is 5.78. The van der Waals surface area contributed by atoms with Gasteiger partial charge in [-0.15, -0.1) is 0 Å². The van der Waals surface area contributed by atoms with Gasteiger partial charge in [0.1, 0.15) is 5.82 Å². The molecule has 1 aromatic carbocycles. The Labute approximate surface area is 123 Å². The Balaban J connectivity index is 2.35. The topological polar surface area (TPSA) is 94.1 Å². The van der Waals surface area contributed by atoms with Crippen LogP contribution in [-0.4, -0.2) is 9.91 Å². The van der Waals surface area contributed by atoms with Crippen LogP contribution in [0.25, 0.3) is 0 Å². The van der Waals surface area contributed by atoms with Crippen LogP contribution in [0.4, 0.5) is 23.0 Å². The van der Waals surface area contributed by atoms with Crippen molar-refractivity contribution in [1.82, 2.24) is 4.98 Å². The van der Waals surface area contributed by atoms with Gasteiger partial charge in [-0.2, -0.15) is 0 Å². The summed E-state index contributed by atoms with van der Waals surface area (Å²) in [5, 5.41) is 13.9. The van der Waals surface area contributed by atoms with Crippen LogP contribution in [0, 0.1) is 10.1 Å². The number of pyridine rings is 1. The zero-order chi connectivity index (χ0) is 15.6. The van der Waals surface area contributed by atoms with E-state index in [4.69, 9.17) is 5.73 Å². The number of hydrogen-bond donors (Lipinski definition) is 2. The van der Waals surface area contributed by atoms with Gasteiger partial charge in [-0.3, -0.25) is 10.1 Å². The first kappa shape index (κ1) is 14.8.